The highest BCUT2D eigenvalue weighted by Gasteiger charge is 2.26. The van der Waals surface area contributed by atoms with Crippen molar-refractivity contribution < 1.29 is 9.53 Å². The summed E-state index contributed by atoms with van der Waals surface area (Å²) in [4.78, 5) is 19.5. The Bertz CT molecular complexity index is 456. The lowest BCUT2D eigenvalue weighted by Gasteiger charge is -1.95. The molecule has 0 N–H and O–H groups in total. The molecule has 0 aliphatic heterocycles. The van der Waals surface area contributed by atoms with Crippen LogP contribution < -0.4 is 0 Å². The van der Waals surface area contributed by atoms with Gasteiger partial charge < -0.3 is 4.74 Å². The summed E-state index contributed by atoms with van der Waals surface area (Å²) in [5, 5.41) is 0. The van der Waals surface area contributed by atoms with Crippen LogP contribution in [0.5, 0.6) is 0 Å². The standard InChI is InChI=1S/C12H12N2O2/c1-2-16-11(15)6-5-10-7-8-13-12(14-10)9-3-4-9/h7-9H,2-4H2,1H3. The van der Waals surface area contributed by atoms with Crippen molar-refractivity contribution in [3.05, 3.63) is 23.8 Å². The normalized spacial score (nSPS) is 13.8. The van der Waals surface area contributed by atoms with E-state index in [1.165, 1.54) is 0 Å². The van der Waals surface area contributed by atoms with Gasteiger partial charge in [-0.25, -0.2) is 14.8 Å². The van der Waals surface area contributed by atoms with Crippen LogP contribution in [-0.4, -0.2) is 22.5 Å². The van der Waals surface area contributed by atoms with Crippen molar-refractivity contribution in [1.29, 1.82) is 0 Å². The third-order valence-electron chi connectivity index (χ3n) is 2.18. The second-order valence-electron chi connectivity index (χ2n) is 3.54. The molecule has 2 rings (SSSR count). The summed E-state index contributed by atoms with van der Waals surface area (Å²) in [7, 11) is 0. The van der Waals surface area contributed by atoms with Crippen molar-refractivity contribution in [3.63, 3.8) is 0 Å². The fraction of sp³-hybridized carbons (Fsp3) is 0.417. The first-order valence-corrected chi connectivity index (χ1v) is 5.31. The van der Waals surface area contributed by atoms with Gasteiger partial charge in [-0.15, -0.1) is 0 Å². The van der Waals surface area contributed by atoms with Crippen molar-refractivity contribution in [3.8, 4) is 11.8 Å². The number of hydrogen-bond donors (Lipinski definition) is 0. The number of carbonyl (C=O) groups excluding carboxylic acids is 1. The highest BCUT2D eigenvalue weighted by molar-refractivity contribution is 5.88. The van der Waals surface area contributed by atoms with E-state index in [1.807, 2.05) is 0 Å². The lowest BCUT2D eigenvalue weighted by molar-refractivity contribution is -0.136. The molecule has 4 nitrogen and oxygen atoms in total. The number of hydrogen-bond acceptors (Lipinski definition) is 4. The van der Waals surface area contributed by atoms with Gasteiger partial charge in [0.05, 0.1) is 6.61 Å². The molecule has 0 saturated heterocycles. The largest absolute Gasteiger partial charge is 0.456 e. The molecule has 82 valence electrons. The summed E-state index contributed by atoms with van der Waals surface area (Å²) in [6, 6.07) is 1.69. The van der Waals surface area contributed by atoms with Gasteiger partial charge in [0.1, 0.15) is 11.5 Å². The van der Waals surface area contributed by atoms with E-state index in [-0.39, 0.29) is 0 Å². The molecule has 1 heterocycles. The van der Waals surface area contributed by atoms with Crippen LogP contribution in [-0.2, 0) is 9.53 Å². The van der Waals surface area contributed by atoms with Gasteiger partial charge in [-0.05, 0) is 31.8 Å². The zero-order valence-corrected chi connectivity index (χ0v) is 9.06. The second-order valence-corrected chi connectivity index (χ2v) is 3.54. The summed E-state index contributed by atoms with van der Waals surface area (Å²) in [6.45, 7) is 2.08. The molecule has 4 heteroatoms. The Labute approximate surface area is 94.1 Å². The zero-order chi connectivity index (χ0) is 11.4. The van der Waals surface area contributed by atoms with Crippen LogP contribution in [0.2, 0.25) is 0 Å². The minimum absolute atomic E-state index is 0.338. The Kier molecular flexibility index (Phi) is 3.16. The summed E-state index contributed by atoms with van der Waals surface area (Å²) in [5.74, 6) is 5.86. The predicted octanol–water partition coefficient (Wildman–Crippen LogP) is 1.27. The fourth-order valence-electron chi connectivity index (χ4n) is 1.26. The van der Waals surface area contributed by atoms with Crippen LogP contribution in [0.15, 0.2) is 12.3 Å². The maximum Gasteiger partial charge on any atom is 0.384 e. The van der Waals surface area contributed by atoms with Gasteiger partial charge in [0.15, 0.2) is 0 Å². The average Bonchev–Trinajstić information content (AvgIpc) is 3.11. The van der Waals surface area contributed by atoms with Crippen molar-refractivity contribution in [2.75, 3.05) is 6.61 Å². The van der Waals surface area contributed by atoms with Gasteiger partial charge in [-0.3, -0.25) is 0 Å². The SMILES string of the molecule is CCOC(=O)C#Cc1ccnc(C2CC2)n1. The van der Waals surface area contributed by atoms with Crippen molar-refractivity contribution >= 4 is 5.97 Å². The van der Waals surface area contributed by atoms with E-state index >= 15 is 0 Å². The molecule has 1 aromatic rings. The first-order valence-electron chi connectivity index (χ1n) is 5.31. The topological polar surface area (TPSA) is 52.1 Å². The van der Waals surface area contributed by atoms with Crippen LogP contribution in [0, 0.1) is 11.8 Å². The van der Waals surface area contributed by atoms with Gasteiger partial charge in [-0.1, -0.05) is 0 Å². The van der Waals surface area contributed by atoms with Crippen LogP contribution in [0.4, 0.5) is 0 Å². The van der Waals surface area contributed by atoms with Crippen LogP contribution in [0.1, 0.15) is 37.2 Å². The Morgan fingerprint density at radius 1 is 1.62 bits per heavy atom. The molecule has 1 aromatic heterocycles. The second kappa shape index (κ2) is 4.75. The number of nitrogens with zero attached hydrogens (tertiary/aromatic N) is 2. The quantitative estimate of drug-likeness (QED) is 0.551. The van der Waals surface area contributed by atoms with Crippen LogP contribution in [0.3, 0.4) is 0 Å². The minimum atomic E-state index is -0.519. The average molecular weight is 216 g/mol. The molecule has 0 unspecified atom stereocenters. The summed E-state index contributed by atoms with van der Waals surface area (Å²) < 4.78 is 4.70. The molecule has 0 atom stereocenters. The molecule has 1 aliphatic rings. The molecule has 0 bridgehead atoms. The lowest BCUT2D eigenvalue weighted by atomic mass is 10.3. The number of rotatable bonds is 2. The smallest absolute Gasteiger partial charge is 0.384 e. The molecular weight excluding hydrogens is 204 g/mol. The van der Waals surface area contributed by atoms with E-state index in [0.717, 1.165) is 18.7 Å². The third kappa shape index (κ3) is 2.80. The van der Waals surface area contributed by atoms with Crippen molar-refractivity contribution in [1.82, 2.24) is 9.97 Å². The van der Waals surface area contributed by atoms with E-state index in [4.69, 9.17) is 4.74 Å². The number of carbonyl (C=O) groups is 1. The molecular formula is C12H12N2O2. The first kappa shape index (κ1) is 10.6. The van der Waals surface area contributed by atoms with Gasteiger partial charge in [-0.2, -0.15) is 0 Å². The summed E-state index contributed by atoms with van der Waals surface area (Å²) in [6.07, 6.45) is 3.97. The number of esters is 1. The molecule has 16 heavy (non-hydrogen) atoms. The van der Waals surface area contributed by atoms with Gasteiger partial charge >= 0.3 is 5.97 Å². The van der Waals surface area contributed by atoms with Crippen LogP contribution in [0.25, 0.3) is 0 Å². The van der Waals surface area contributed by atoms with E-state index in [0.29, 0.717) is 18.2 Å². The van der Waals surface area contributed by atoms with E-state index in [1.54, 1.807) is 19.2 Å². The number of aromatic nitrogens is 2. The van der Waals surface area contributed by atoms with Gasteiger partial charge in [0.25, 0.3) is 0 Å². The van der Waals surface area contributed by atoms with Gasteiger partial charge in [0.2, 0.25) is 0 Å². The summed E-state index contributed by atoms with van der Waals surface area (Å²) >= 11 is 0. The van der Waals surface area contributed by atoms with Crippen molar-refractivity contribution in [2.45, 2.75) is 25.7 Å². The van der Waals surface area contributed by atoms with Crippen LogP contribution >= 0.6 is 0 Å². The predicted molar refractivity (Wildman–Crippen MR) is 57.5 cm³/mol. The van der Waals surface area contributed by atoms with E-state index in [2.05, 4.69) is 21.8 Å². The molecule has 1 saturated carbocycles. The highest BCUT2D eigenvalue weighted by atomic mass is 16.5. The van der Waals surface area contributed by atoms with E-state index < -0.39 is 5.97 Å². The maximum atomic E-state index is 11.0. The minimum Gasteiger partial charge on any atom is -0.456 e. The Hall–Kier alpha value is -1.89. The molecule has 0 amide bonds. The lowest BCUT2D eigenvalue weighted by Crippen LogP contribution is -2.00. The monoisotopic (exact) mass is 216 g/mol. The fourth-order valence-corrected chi connectivity index (χ4v) is 1.26. The highest BCUT2D eigenvalue weighted by Crippen LogP contribution is 2.37. The van der Waals surface area contributed by atoms with Crippen molar-refractivity contribution in [2.24, 2.45) is 0 Å². The molecule has 0 radical (unpaired) electrons. The molecule has 0 spiro atoms. The molecule has 1 aliphatic carbocycles. The maximum absolute atomic E-state index is 11.0. The van der Waals surface area contributed by atoms with E-state index in [9.17, 15) is 4.79 Å². The number of ether oxygens (including phenoxy) is 1. The molecule has 0 aromatic carbocycles. The Balaban J connectivity index is 2.08. The van der Waals surface area contributed by atoms with Gasteiger partial charge in [0, 0.05) is 18.0 Å². The summed E-state index contributed by atoms with van der Waals surface area (Å²) in [5.41, 5.74) is 0.574. The first-order chi connectivity index (χ1) is 7.79. The third-order valence-corrected chi connectivity index (χ3v) is 2.18. The Morgan fingerprint density at radius 3 is 3.12 bits per heavy atom. The zero-order valence-electron chi connectivity index (χ0n) is 9.06. The Morgan fingerprint density at radius 2 is 2.44 bits per heavy atom. The molecule has 1 fully saturated rings.